The van der Waals surface area contributed by atoms with Crippen molar-refractivity contribution in [3.63, 3.8) is 0 Å². The maximum atomic E-state index is 10.0. The molecule has 1 aliphatic rings. The lowest BCUT2D eigenvalue weighted by Crippen LogP contribution is -2.02. The van der Waals surface area contributed by atoms with Crippen LogP contribution in [0.5, 0.6) is 0 Å². The molecule has 0 aromatic carbocycles. The van der Waals surface area contributed by atoms with E-state index in [-0.39, 0.29) is 5.92 Å². The summed E-state index contributed by atoms with van der Waals surface area (Å²) in [5.41, 5.74) is 1.09. The van der Waals surface area contributed by atoms with Crippen molar-refractivity contribution in [3.05, 3.63) is 40.9 Å². The quantitative estimate of drug-likeness (QED) is 0.337. The molecule has 0 spiro atoms. The molecule has 0 aromatic rings. The first-order valence-corrected chi connectivity index (χ1v) is 5.41. The second-order valence-electron chi connectivity index (χ2n) is 3.72. The molecule has 8 heteroatoms. The van der Waals surface area contributed by atoms with Gasteiger partial charge in [-0.3, -0.25) is 4.42 Å². The zero-order chi connectivity index (χ0) is 14.9. The van der Waals surface area contributed by atoms with E-state index in [0.717, 1.165) is 11.4 Å². The van der Waals surface area contributed by atoms with Gasteiger partial charge in [0.15, 0.2) is 0 Å². The van der Waals surface area contributed by atoms with Gasteiger partial charge < -0.3 is 17.3 Å². The number of ketones is 1. The van der Waals surface area contributed by atoms with E-state index in [9.17, 15) is 22.2 Å². The highest BCUT2D eigenvalue weighted by Crippen LogP contribution is 2.10. The van der Waals surface area contributed by atoms with Crippen LogP contribution in [0.4, 0.5) is 17.3 Å². The molecule has 1 aliphatic carbocycles. The van der Waals surface area contributed by atoms with Crippen molar-refractivity contribution >= 4 is 13.0 Å². The molecule has 3 nitrogen and oxygen atoms in total. The third-order valence-corrected chi connectivity index (χ3v) is 1.96. The summed E-state index contributed by atoms with van der Waals surface area (Å²) < 4.78 is 44.0. The highest BCUT2D eigenvalue weighted by molar-refractivity contribution is 6.50. The SMILES string of the molecule is C[O+]=C1C=CC(=CC(C)CN=O)C=C1.F[B-](F)(F)F. The molecular weight excluding hydrogens is 265 g/mol. The average Bonchev–Trinajstić information content (AvgIpc) is 2.28. The first-order chi connectivity index (χ1) is 8.76. The molecule has 1 atom stereocenters. The van der Waals surface area contributed by atoms with Crippen LogP contribution in [0.15, 0.2) is 41.1 Å². The van der Waals surface area contributed by atoms with Gasteiger partial charge in [-0.05, 0) is 23.6 Å². The molecule has 0 heterocycles. The summed E-state index contributed by atoms with van der Waals surface area (Å²) in [5, 5.41) is 2.86. The Kier molecular flexibility index (Phi) is 7.63. The van der Waals surface area contributed by atoms with Crippen LogP contribution in [-0.4, -0.2) is 26.7 Å². The number of hydrogen-bond donors (Lipinski definition) is 0. The van der Waals surface area contributed by atoms with Gasteiger partial charge in [0.25, 0.3) is 7.11 Å². The van der Waals surface area contributed by atoms with Crippen molar-refractivity contribution < 1.29 is 21.7 Å². The number of nitroso groups, excluding NO2 is 1. The molecular formula is C11H14BF4NO2. The topological polar surface area (TPSA) is 40.7 Å². The van der Waals surface area contributed by atoms with Gasteiger partial charge >= 0.3 is 13.0 Å². The third kappa shape index (κ3) is 11.1. The molecule has 0 N–H and O–H groups in total. The fraction of sp³-hybridized carbons (Fsp3) is 0.364. The van der Waals surface area contributed by atoms with Crippen LogP contribution in [0, 0.1) is 10.8 Å². The summed E-state index contributed by atoms with van der Waals surface area (Å²) in [6.07, 6.45) is 9.72. The van der Waals surface area contributed by atoms with Crippen LogP contribution in [0.2, 0.25) is 0 Å². The number of halogens is 4. The largest absolute Gasteiger partial charge is 0.673 e. The molecule has 19 heavy (non-hydrogen) atoms. The van der Waals surface area contributed by atoms with Gasteiger partial charge in [0, 0.05) is 12.2 Å². The predicted molar refractivity (Wildman–Crippen MR) is 67.3 cm³/mol. The third-order valence-electron chi connectivity index (χ3n) is 1.96. The van der Waals surface area contributed by atoms with Crippen LogP contribution in [0.3, 0.4) is 0 Å². The Morgan fingerprint density at radius 1 is 1.26 bits per heavy atom. The minimum Gasteiger partial charge on any atom is -0.418 e. The number of allylic oxidation sites excluding steroid dienone is 5. The summed E-state index contributed by atoms with van der Waals surface area (Å²) in [7, 11) is -4.36. The molecule has 0 radical (unpaired) electrons. The fourth-order valence-corrected chi connectivity index (χ4v) is 1.21. The predicted octanol–water partition coefficient (Wildman–Crippen LogP) is 3.48. The van der Waals surface area contributed by atoms with E-state index in [4.69, 9.17) is 4.42 Å². The highest BCUT2D eigenvalue weighted by atomic mass is 19.5. The molecule has 1 rings (SSSR count). The van der Waals surface area contributed by atoms with Crippen LogP contribution in [0.1, 0.15) is 6.92 Å². The molecule has 0 bridgehead atoms. The van der Waals surface area contributed by atoms with Gasteiger partial charge in [-0.1, -0.05) is 18.2 Å². The molecule has 0 saturated heterocycles. The Morgan fingerprint density at radius 3 is 2.11 bits per heavy atom. The van der Waals surface area contributed by atoms with E-state index in [1.807, 2.05) is 37.3 Å². The Balaban J connectivity index is 0.000000555. The number of rotatable bonds is 3. The summed E-state index contributed by atoms with van der Waals surface area (Å²) in [6, 6.07) is 0. The molecule has 0 amide bonds. The first-order valence-electron chi connectivity index (χ1n) is 5.41. The normalized spacial score (nSPS) is 15.5. The van der Waals surface area contributed by atoms with Crippen LogP contribution in [-0.2, 0) is 4.42 Å². The summed E-state index contributed by atoms with van der Waals surface area (Å²) >= 11 is 0. The molecule has 0 saturated carbocycles. The van der Waals surface area contributed by atoms with Gasteiger partial charge in [-0.25, -0.2) is 0 Å². The molecule has 0 aliphatic heterocycles. The minimum absolute atomic E-state index is 0.181. The lowest BCUT2D eigenvalue weighted by molar-refractivity contribution is -0.417. The second kappa shape index (κ2) is 8.39. The fourth-order valence-electron chi connectivity index (χ4n) is 1.21. The zero-order valence-electron chi connectivity index (χ0n) is 10.5. The van der Waals surface area contributed by atoms with Crippen LogP contribution >= 0.6 is 0 Å². The maximum Gasteiger partial charge on any atom is 0.673 e. The molecule has 0 fully saturated rings. The van der Waals surface area contributed by atoms with E-state index in [1.54, 1.807) is 7.11 Å². The first kappa shape index (κ1) is 17.3. The van der Waals surface area contributed by atoms with E-state index < -0.39 is 7.25 Å². The monoisotopic (exact) mass is 279 g/mol. The lowest BCUT2D eigenvalue weighted by Gasteiger charge is -2.02. The Hall–Kier alpha value is -1.73. The molecule has 0 aromatic heterocycles. The Bertz CT molecular complexity index is 389. The van der Waals surface area contributed by atoms with Gasteiger partial charge in [0.05, 0.1) is 6.54 Å². The van der Waals surface area contributed by atoms with Gasteiger partial charge in [-0.2, -0.15) is 4.91 Å². The number of hydrogen-bond acceptors (Lipinski definition) is 2. The average molecular weight is 279 g/mol. The van der Waals surface area contributed by atoms with Crippen molar-refractivity contribution in [2.75, 3.05) is 13.7 Å². The summed E-state index contributed by atoms with van der Waals surface area (Å²) in [5.74, 6) is 1.02. The van der Waals surface area contributed by atoms with Crippen LogP contribution < -0.4 is 0 Å². The number of nitrogens with zero attached hydrogens (tertiary/aromatic N) is 1. The van der Waals surface area contributed by atoms with Crippen molar-refractivity contribution in [1.82, 2.24) is 0 Å². The summed E-state index contributed by atoms with van der Waals surface area (Å²) in [4.78, 5) is 10.0. The van der Waals surface area contributed by atoms with Crippen molar-refractivity contribution in [1.29, 1.82) is 0 Å². The number of carbonyl (C=O) groups excluding carboxylic acids is 1. The smallest absolute Gasteiger partial charge is 0.418 e. The van der Waals surface area contributed by atoms with Crippen molar-refractivity contribution in [3.8, 4) is 0 Å². The van der Waals surface area contributed by atoms with Crippen molar-refractivity contribution in [2.24, 2.45) is 11.1 Å². The molecule has 1 unspecified atom stereocenters. The van der Waals surface area contributed by atoms with Crippen molar-refractivity contribution in [2.45, 2.75) is 6.92 Å². The molecule has 106 valence electrons. The van der Waals surface area contributed by atoms with Crippen LogP contribution in [0.25, 0.3) is 0 Å². The minimum atomic E-state index is -6.00. The van der Waals surface area contributed by atoms with E-state index in [1.165, 1.54) is 0 Å². The second-order valence-corrected chi connectivity index (χ2v) is 3.72. The van der Waals surface area contributed by atoms with E-state index in [0.29, 0.717) is 6.54 Å². The van der Waals surface area contributed by atoms with Gasteiger partial charge in [0.2, 0.25) is 0 Å². The van der Waals surface area contributed by atoms with Gasteiger partial charge in [-0.15, -0.1) is 0 Å². The Morgan fingerprint density at radius 2 is 1.74 bits per heavy atom. The van der Waals surface area contributed by atoms with E-state index >= 15 is 0 Å². The lowest BCUT2D eigenvalue weighted by atomic mass is 10.0. The Labute approximate surface area is 108 Å². The maximum absolute atomic E-state index is 10.0. The summed E-state index contributed by atoms with van der Waals surface area (Å²) in [6.45, 7) is 2.29. The van der Waals surface area contributed by atoms with E-state index in [2.05, 4.69) is 5.18 Å². The van der Waals surface area contributed by atoms with Gasteiger partial charge in [0.1, 0.15) is 0 Å². The standard InChI is InChI=1S/C11H14NO2.BF4/c1-9(8-12-13)7-10-3-5-11(14-2)6-4-10;2-1(3,4)5/h3-7,9H,8H2,1-2H3;/q+1;-1. The zero-order valence-corrected chi connectivity index (χ0v) is 10.5. The highest BCUT2D eigenvalue weighted by Gasteiger charge is 2.20.